The Bertz CT molecular complexity index is 1820. The fraction of sp³-hybridized carbons (Fsp3) is 0.0357. The van der Waals surface area contributed by atoms with Crippen LogP contribution in [0.15, 0.2) is 99.6 Å². The quantitative estimate of drug-likeness (QED) is 0.149. The van der Waals surface area contributed by atoms with E-state index in [0.29, 0.717) is 50.0 Å². The minimum atomic E-state index is -0.0201. The molecule has 0 atom stereocenters. The van der Waals surface area contributed by atoms with Crippen LogP contribution in [0.4, 0.5) is 0 Å². The number of hydrogen-bond acceptors (Lipinski definition) is 6. The van der Waals surface area contributed by atoms with Crippen molar-refractivity contribution in [1.82, 2.24) is 25.0 Å². The van der Waals surface area contributed by atoms with E-state index in [1.807, 2.05) is 72.9 Å². The zero-order valence-electron chi connectivity index (χ0n) is 21.1. The maximum Gasteiger partial charge on any atom is 0.191 e. The van der Waals surface area contributed by atoms with Crippen LogP contribution in [-0.2, 0) is 0 Å². The number of para-hydroxylation sites is 1. The Hall–Kier alpha value is -3.97. The predicted molar refractivity (Wildman–Crippen MR) is 173 cm³/mol. The molecule has 204 valence electrons. The maximum atomic E-state index is 11.8. The smallest absolute Gasteiger partial charge is 0.191 e. The average Bonchev–Trinajstić information content (AvgIpc) is 3.71. The molecule has 6 rings (SSSR count). The fourth-order valence-electron chi connectivity index (χ4n) is 4.27. The molecule has 1 aliphatic heterocycles. The Balaban J connectivity index is 1.56. The summed E-state index contributed by atoms with van der Waals surface area (Å²) in [5.41, 5.74) is 12.7. The molecule has 1 aliphatic rings. The van der Waals surface area contributed by atoms with Crippen LogP contribution < -0.4 is 11.2 Å². The molecule has 0 bridgehead atoms. The van der Waals surface area contributed by atoms with E-state index in [1.54, 1.807) is 21.5 Å². The van der Waals surface area contributed by atoms with Crippen LogP contribution in [0.3, 0.4) is 0 Å². The van der Waals surface area contributed by atoms with Gasteiger partial charge in [0.1, 0.15) is 17.1 Å². The summed E-state index contributed by atoms with van der Waals surface area (Å²) in [6.07, 6.45) is 1.87. The van der Waals surface area contributed by atoms with E-state index in [1.165, 1.54) is 11.8 Å². The van der Waals surface area contributed by atoms with E-state index >= 15 is 0 Å². The van der Waals surface area contributed by atoms with Crippen molar-refractivity contribution in [3.63, 3.8) is 0 Å². The molecule has 0 fully saturated rings. The van der Waals surface area contributed by atoms with Crippen LogP contribution in [0.1, 0.15) is 0 Å². The Labute approximate surface area is 257 Å². The van der Waals surface area contributed by atoms with Crippen molar-refractivity contribution in [1.29, 1.82) is 0 Å². The van der Waals surface area contributed by atoms with Gasteiger partial charge in [-0.05, 0) is 48.6 Å². The van der Waals surface area contributed by atoms with E-state index in [2.05, 4.69) is 31.4 Å². The van der Waals surface area contributed by atoms with Crippen LogP contribution in [0.2, 0.25) is 5.02 Å². The van der Waals surface area contributed by atoms with Crippen LogP contribution in [0.25, 0.3) is 39.5 Å². The molecule has 13 heteroatoms. The van der Waals surface area contributed by atoms with Gasteiger partial charge in [0, 0.05) is 26.8 Å². The summed E-state index contributed by atoms with van der Waals surface area (Å²) in [4.78, 5) is 4.61. The number of nitrogens with one attached hydrogen (secondary N) is 1. The van der Waals surface area contributed by atoms with E-state index in [-0.39, 0.29) is 10.9 Å². The molecule has 0 saturated carbocycles. The second-order valence-electron chi connectivity index (χ2n) is 8.83. The van der Waals surface area contributed by atoms with Gasteiger partial charge in [-0.15, -0.1) is 0 Å². The first-order valence-electron chi connectivity index (χ1n) is 12.2. The number of amidine groups is 1. The monoisotopic (exact) mass is 662 g/mol. The van der Waals surface area contributed by atoms with Crippen molar-refractivity contribution in [3.8, 4) is 45.2 Å². The lowest BCUT2D eigenvalue weighted by atomic mass is 10.0. The summed E-state index contributed by atoms with van der Waals surface area (Å²) >= 11 is 16.0. The Morgan fingerprint density at radius 2 is 1.71 bits per heavy atom. The molecule has 0 spiro atoms. The van der Waals surface area contributed by atoms with E-state index in [9.17, 15) is 5.11 Å². The zero-order valence-corrected chi connectivity index (χ0v) is 25.0. The third kappa shape index (κ3) is 5.64. The van der Waals surface area contributed by atoms with Gasteiger partial charge in [-0.2, -0.15) is 15.3 Å². The van der Waals surface area contributed by atoms with Gasteiger partial charge in [0.05, 0.1) is 17.0 Å². The number of thioether (sulfide) groups is 1. The molecular weight excluding hydrogens is 644 g/mol. The first kappa shape index (κ1) is 27.2. The largest absolute Gasteiger partial charge is 0.504 e. The van der Waals surface area contributed by atoms with E-state index in [4.69, 9.17) is 39.7 Å². The highest BCUT2D eigenvalue weighted by Gasteiger charge is 2.29. The van der Waals surface area contributed by atoms with Crippen molar-refractivity contribution < 1.29 is 5.11 Å². The number of nitrogens with zero attached hydrogens (tertiary/aromatic N) is 6. The lowest BCUT2D eigenvalue weighted by Crippen LogP contribution is -2.25. The maximum absolute atomic E-state index is 11.8. The van der Waals surface area contributed by atoms with Gasteiger partial charge in [-0.1, -0.05) is 81.8 Å². The van der Waals surface area contributed by atoms with E-state index in [0.717, 1.165) is 15.7 Å². The molecule has 2 aromatic heterocycles. The lowest BCUT2D eigenvalue weighted by Gasteiger charge is -2.06. The van der Waals surface area contributed by atoms with Crippen LogP contribution in [-0.4, -0.2) is 46.5 Å². The fourth-order valence-corrected chi connectivity index (χ4v) is 5.51. The van der Waals surface area contributed by atoms with Crippen molar-refractivity contribution in [2.24, 2.45) is 15.8 Å². The van der Waals surface area contributed by atoms with Crippen molar-refractivity contribution in [3.05, 3.63) is 94.6 Å². The first-order chi connectivity index (χ1) is 19.9. The molecule has 0 saturated heterocycles. The molecule has 0 amide bonds. The normalized spacial score (nSPS) is 13.9. The number of nitrogens with two attached hydrogens (primary N) is 1. The Morgan fingerprint density at radius 1 is 1.00 bits per heavy atom. The molecule has 0 aliphatic carbocycles. The summed E-state index contributed by atoms with van der Waals surface area (Å²) in [7, 11) is 0. The number of rotatable bonds is 5. The first-order valence-corrected chi connectivity index (χ1v) is 14.8. The number of thiocarbonyl (C=S) groups is 1. The lowest BCUT2D eigenvalue weighted by molar-refractivity contribution is 0.479. The summed E-state index contributed by atoms with van der Waals surface area (Å²) in [5, 5.41) is 26.9. The van der Waals surface area contributed by atoms with Gasteiger partial charge >= 0.3 is 0 Å². The second kappa shape index (κ2) is 11.5. The Kier molecular flexibility index (Phi) is 7.63. The standard InChI is InChI=1S/C28H20BrClN8OS2/c29-18-10-6-16(7-11-18)23-21(14-37(35-23)20-4-2-1-3-5-20)24-26(39)25(17-8-12-19(30)13-9-17)38(36-24)28-32-22(15-41-28)33-34-27(31)40/h1-14,39H,15H2,(H3,31,34,40)/b33-22+. The molecular formula is C28H20BrClN8OS2. The number of hydrazone groups is 1. The van der Waals surface area contributed by atoms with Gasteiger partial charge < -0.3 is 10.8 Å². The number of benzene rings is 3. The number of halogens is 2. The van der Waals surface area contributed by atoms with Crippen LogP contribution in [0, 0.1) is 0 Å². The third-order valence-corrected chi connectivity index (χ3v) is 7.91. The zero-order chi connectivity index (χ0) is 28.5. The topological polar surface area (TPSA) is 119 Å². The van der Waals surface area contributed by atoms with Crippen LogP contribution in [0.5, 0.6) is 5.75 Å². The van der Waals surface area contributed by atoms with Gasteiger partial charge in [0.2, 0.25) is 0 Å². The van der Waals surface area contributed by atoms with Crippen LogP contribution >= 0.6 is 51.5 Å². The second-order valence-corrected chi connectivity index (χ2v) is 11.6. The van der Waals surface area contributed by atoms with Gasteiger partial charge in [-0.25, -0.2) is 14.4 Å². The molecule has 3 aromatic carbocycles. The number of aromatic nitrogens is 4. The highest BCUT2D eigenvalue weighted by molar-refractivity contribution is 9.10. The summed E-state index contributed by atoms with van der Waals surface area (Å²) in [5.74, 6) is 0.939. The highest BCUT2D eigenvalue weighted by Crippen LogP contribution is 2.43. The van der Waals surface area contributed by atoms with Crippen molar-refractivity contribution in [2.75, 3.05) is 5.75 Å². The minimum Gasteiger partial charge on any atom is -0.504 e. The summed E-state index contributed by atoms with van der Waals surface area (Å²) < 4.78 is 4.34. The van der Waals surface area contributed by atoms with Crippen molar-refractivity contribution in [2.45, 2.75) is 0 Å². The van der Waals surface area contributed by atoms with E-state index < -0.39 is 0 Å². The molecule has 3 heterocycles. The Morgan fingerprint density at radius 3 is 2.41 bits per heavy atom. The molecule has 0 unspecified atom stereocenters. The molecule has 4 N–H and O–H groups in total. The predicted octanol–water partition coefficient (Wildman–Crippen LogP) is 6.29. The third-order valence-electron chi connectivity index (χ3n) is 6.12. The number of hydrogen-bond donors (Lipinski definition) is 3. The minimum absolute atomic E-state index is 0.0201. The summed E-state index contributed by atoms with van der Waals surface area (Å²) in [6, 6.07) is 24.8. The highest BCUT2D eigenvalue weighted by atomic mass is 79.9. The molecule has 41 heavy (non-hydrogen) atoms. The summed E-state index contributed by atoms with van der Waals surface area (Å²) in [6.45, 7) is 0. The molecule has 0 radical (unpaired) electrons. The SMILES string of the molecule is NC(=S)N/N=C1\CSC(n2nc(-c3cn(-c4ccccc4)nc3-c3ccc(Br)cc3)c(O)c2-c2ccc(Cl)cc2)=N1. The molecule has 5 aromatic rings. The average molecular weight is 664 g/mol. The van der Waals surface area contributed by atoms with Gasteiger partial charge in [0.15, 0.2) is 21.9 Å². The molecule has 9 nitrogen and oxygen atoms in total. The van der Waals surface area contributed by atoms with Gasteiger partial charge in [-0.3, -0.25) is 5.43 Å². The van der Waals surface area contributed by atoms with Crippen molar-refractivity contribution >= 4 is 67.6 Å². The number of aliphatic imine (C=N–C) groups is 1. The van der Waals surface area contributed by atoms with Gasteiger partial charge in [0.25, 0.3) is 0 Å². The number of aromatic hydroxyl groups is 1.